The molecule has 0 atom stereocenters. The molecule has 24 heavy (non-hydrogen) atoms. The van der Waals surface area contributed by atoms with E-state index in [9.17, 15) is 26.7 Å². The highest BCUT2D eigenvalue weighted by Crippen LogP contribution is 2.26. The Morgan fingerprint density at radius 2 is 1.46 bits per heavy atom. The molecule has 0 aromatic heterocycles. The van der Waals surface area contributed by atoms with Crippen molar-refractivity contribution in [2.45, 2.75) is 5.51 Å². The second kappa shape index (κ2) is 6.88. The molecule has 126 valence electrons. The highest BCUT2D eigenvalue weighted by atomic mass is 32.2. The lowest BCUT2D eigenvalue weighted by Crippen LogP contribution is -2.27. The third-order valence-corrected chi connectivity index (χ3v) is 3.91. The summed E-state index contributed by atoms with van der Waals surface area (Å²) in [6.45, 7) is 0. The molecule has 0 aliphatic carbocycles. The molecule has 2 aromatic rings. The second-order valence-electron chi connectivity index (χ2n) is 4.65. The molecule has 0 spiro atoms. The average Bonchev–Trinajstić information content (AvgIpc) is 2.53. The fourth-order valence-electron chi connectivity index (χ4n) is 1.81. The molecule has 0 heterocycles. The van der Waals surface area contributed by atoms with Crippen LogP contribution in [0.1, 0.15) is 11.1 Å². The van der Waals surface area contributed by atoms with Gasteiger partial charge in [0.15, 0.2) is 0 Å². The van der Waals surface area contributed by atoms with Gasteiger partial charge < -0.3 is 5.11 Å². The number of benzene rings is 2. The normalized spacial score (nSPS) is 13.8. The Labute approximate surface area is 136 Å². The van der Waals surface area contributed by atoms with Crippen LogP contribution in [-0.4, -0.2) is 19.8 Å². The molecule has 0 saturated carbocycles. The minimum Gasteiger partial charge on any atom is -0.858 e. The average molecular weight is 354 g/mol. The zero-order valence-electron chi connectivity index (χ0n) is 12.1. The molecule has 0 amide bonds. The topological polar surface area (TPSA) is 69.6 Å². The first kappa shape index (κ1) is 17.7. The molecule has 0 bridgehead atoms. The van der Waals surface area contributed by atoms with Gasteiger partial charge in [0.1, 0.15) is 0 Å². The quantitative estimate of drug-likeness (QED) is 0.482. The van der Waals surface area contributed by atoms with Crippen molar-refractivity contribution >= 4 is 27.6 Å². The molecule has 0 fully saturated rings. The van der Waals surface area contributed by atoms with Crippen LogP contribution in [0, 0.1) is 0 Å². The molecule has 2 rings (SSSR count). The highest BCUT2D eigenvalue weighted by molar-refractivity contribution is 7.91. The van der Waals surface area contributed by atoms with Crippen molar-refractivity contribution in [3.63, 3.8) is 0 Å². The van der Waals surface area contributed by atoms with E-state index in [0.29, 0.717) is 5.56 Å². The standard InChI is InChI=1S/C16H12F3NO3S/c17-16(18,19)24(22,23)20-15(21)14(13-9-5-2-6-10-13)11-12-7-3-1-4-8-12/h1-11H,(H,20,21)/p-1/b14-11+. The van der Waals surface area contributed by atoms with Crippen LogP contribution >= 0.6 is 0 Å². The van der Waals surface area contributed by atoms with Crippen LogP contribution in [0.2, 0.25) is 0 Å². The van der Waals surface area contributed by atoms with E-state index in [1.807, 2.05) is 0 Å². The lowest BCUT2D eigenvalue weighted by molar-refractivity contribution is -0.210. The van der Waals surface area contributed by atoms with E-state index in [-0.39, 0.29) is 11.1 Å². The van der Waals surface area contributed by atoms with Gasteiger partial charge in [0.2, 0.25) is 0 Å². The summed E-state index contributed by atoms with van der Waals surface area (Å²) in [6.07, 6.45) is 1.28. The zero-order valence-corrected chi connectivity index (χ0v) is 12.9. The van der Waals surface area contributed by atoms with Gasteiger partial charge >= 0.3 is 15.5 Å². The van der Waals surface area contributed by atoms with Crippen LogP contribution < -0.4 is 5.11 Å². The number of halogens is 3. The van der Waals surface area contributed by atoms with Crippen molar-refractivity contribution in [2.24, 2.45) is 4.40 Å². The molecule has 0 aliphatic heterocycles. The number of nitrogens with zero attached hydrogens (tertiary/aromatic N) is 1. The van der Waals surface area contributed by atoms with E-state index in [0.717, 1.165) is 0 Å². The minimum atomic E-state index is -5.91. The lowest BCUT2D eigenvalue weighted by Gasteiger charge is -2.16. The molecule has 0 N–H and O–H groups in total. The van der Waals surface area contributed by atoms with E-state index in [1.54, 1.807) is 48.5 Å². The van der Waals surface area contributed by atoms with Crippen LogP contribution in [0.3, 0.4) is 0 Å². The smallest absolute Gasteiger partial charge is 0.518 e. The fraction of sp³-hybridized carbons (Fsp3) is 0.0625. The van der Waals surface area contributed by atoms with Crippen LogP contribution in [-0.2, 0) is 10.0 Å². The second-order valence-corrected chi connectivity index (χ2v) is 6.25. The van der Waals surface area contributed by atoms with Crippen molar-refractivity contribution < 1.29 is 26.7 Å². The zero-order chi connectivity index (χ0) is 17.8. The first-order valence-corrected chi connectivity index (χ1v) is 8.05. The molecule has 0 saturated heterocycles. The van der Waals surface area contributed by atoms with Gasteiger partial charge in [-0.2, -0.15) is 26.0 Å². The van der Waals surface area contributed by atoms with Crippen LogP contribution in [0.15, 0.2) is 65.1 Å². The predicted molar refractivity (Wildman–Crippen MR) is 83.2 cm³/mol. The summed E-state index contributed by atoms with van der Waals surface area (Å²) < 4.78 is 61.9. The van der Waals surface area contributed by atoms with Gasteiger partial charge in [0.05, 0.1) is 0 Å². The number of hydrogen-bond donors (Lipinski definition) is 0. The molecular formula is C16H11F3NO3S-. The van der Waals surface area contributed by atoms with Gasteiger partial charge in [-0.1, -0.05) is 60.7 Å². The summed E-state index contributed by atoms with van der Waals surface area (Å²) in [5.74, 6) is -1.48. The van der Waals surface area contributed by atoms with E-state index in [2.05, 4.69) is 4.40 Å². The number of rotatable bonds is 4. The third kappa shape index (κ3) is 4.23. The summed E-state index contributed by atoms with van der Waals surface area (Å²) in [5.41, 5.74) is -5.11. The van der Waals surface area contributed by atoms with E-state index >= 15 is 0 Å². The molecule has 8 heteroatoms. The molecule has 0 aliphatic rings. The molecule has 2 aromatic carbocycles. The Hall–Kier alpha value is -2.61. The summed E-state index contributed by atoms with van der Waals surface area (Å²) >= 11 is 0. The Bertz CT molecular complexity index is 858. The minimum absolute atomic E-state index is 0.255. The summed E-state index contributed by atoms with van der Waals surface area (Å²) in [7, 11) is -5.91. The largest absolute Gasteiger partial charge is 0.858 e. The summed E-state index contributed by atoms with van der Waals surface area (Å²) in [5, 5.41) is 12.1. The van der Waals surface area contributed by atoms with Crippen LogP contribution in [0.4, 0.5) is 13.2 Å². The van der Waals surface area contributed by atoms with Crippen molar-refractivity contribution in [1.82, 2.24) is 0 Å². The monoisotopic (exact) mass is 354 g/mol. The molecular weight excluding hydrogens is 343 g/mol. The van der Waals surface area contributed by atoms with E-state index in [1.165, 1.54) is 18.2 Å². The first-order chi connectivity index (χ1) is 11.2. The van der Waals surface area contributed by atoms with Gasteiger partial charge in [-0.05, 0) is 22.8 Å². The Morgan fingerprint density at radius 1 is 0.958 bits per heavy atom. The first-order valence-electron chi connectivity index (χ1n) is 6.61. The van der Waals surface area contributed by atoms with E-state index < -0.39 is 21.4 Å². The Balaban J connectivity index is 2.58. The van der Waals surface area contributed by atoms with Gasteiger partial charge in [0, 0.05) is 5.90 Å². The predicted octanol–water partition coefficient (Wildman–Crippen LogP) is 2.84. The maximum Gasteiger partial charge on any atom is 0.518 e. The Kier molecular flexibility index (Phi) is 5.08. The van der Waals surface area contributed by atoms with Gasteiger partial charge in [-0.15, -0.1) is 0 Å². The van der Waals surface area contributed by atoms with Gasteiger partial charge in [-0.25, -0.2) is 0 Å². The van der Waals surface area contributed by atoms with E-state index in [4.69, 9.17) is 0 Å². The molecule has 0 radical (unpaired) electrons. The molecule has 0 unspecified atom stereocenters. The number of alkyl halides is 3. The van der Waals surface area contributed by atoms with Gasteiger partial charge in [-0.3, -0.25) is 0 Å². The van der Waals surface area contributed by atoms with Crippen molar-refractivity contribution in [2.75, 3.05) is 0 Å². The SMILES string of the molecule is O=S(=O)(/N=C([O-])/C(=C/c1ccccc1)c1ccccc1)C(F)(F)F. The maximum absolute atomic E-state index is 12.4. The third-order valence-electron chi connectivity index (χ3n) is 2.92. The maximum atomic E-state index is 12.4. The fourth-order valence-corrected chi connectivity index (χ4v) is 2.23. The highest BCUT2D eigenvalue weighted by Gasteiger charge is 2.45. The summed E-state index contributed by atoms with van der Waals surface area (Å²) in [4.78, 5) is 0. The van der Waals surface area contributed by atoms with Crippen molar-refractivity contribution in [3.8, 4) is 0 Å². The number of sulfonamides is 1. The molecule has 4 nitrogen and oxygen atoms in total. The number of hydrogen-bond acceptors (Lipinski definition) is 3. The lowest BCUT2D eigenvalue weighted by atomic mass is 10.0. The Morgan fingerprint density at radius 3 is 1.96 bits per heavy atom. The van der Waals surface area contributed by atoms with Crippen molar-refractivity contribution in [1.29, 1.82) is 0 Å². The van der Waals surface area contributed by atoms with Crippen molar-refractivity contribution in [3.05, 3.63) is 71.8 Å². The van der Waals surface area contributed by atoms with Crippen LogP contribution in [0.5, 0.6) is 0 Å². The van der Waals surface area contributed by atoms with Crippen LogP contribution in [0.25, 0.3) is 11.6 Å². The summed E-state index contributed by atoms with van der Waals surface area (Å²) in [6, 6.07) is 16.0. The van der Waals surface area contributed by atoms with Gasteiger partial charge in [0.25, 0.3) is 0 Å².